The molecule has 16 heavy (non-hydrogen) atoms. The second-order valence-electron chi connectivity index (χ2n) is 3.31. The van der Waals surface area contributed by atoms with E-state index < -0.39 is 0 Å². The number of hydrogen-bond donors (Lipinski definition) is 2. The van der Waals surface area contributed by atoms with Crippen LogP contribution in [0.5, 0.6) is 0 Å². The van der Waals surface area contributed by atoms with Gasteiger partial charge in [0.15, 0.2) is 4.32 Å². The average Bonchev–Trinajstić information content (AvgIpc) is 2.60. The van der Waals surface area contributed by atoms with E-state index in [0.29, 0.717) is 4.32 Å². The van der Waals surface area contributed by atoms with Crippen LogP contribution in [-0.2, 0) is 6.42 Å². The lowest BCUT2D eigenvalue weighted by Crippen LogP contribution is -2.10. The molecule has 1 aromatic rings. The van der Waals surface area contributed by atoms with Crippen LogP contribution < -0.4 is 5.43 Å². The van der Waals surface area contributed by atoms with E-state index in [0.717, 1.165) is 30.1 Å². The van der Waals surface area contributed by atoms with Crippen molar-refractivity contribution >= 4 is 34.5 Å². The molecule has 2 N–H and O–H groups in total. The third kappa shape index (κ3) is 3.94. The number of thioether (sulfide) groups is 1. The van der Waals surface area contributed by atoms with Gasteiger partial charge in [-0.2, -0.15) is 5.10 Å². The van der Waals surface area contributed by atoms with Crippen molar-refractivity contribution in [3.63, 3.8) is 0 Å². The highest BCUT2D eigenvalue weighted by molar-refractivity contribution is 8.22. The van der Waals surface area contributed by atoms with Crippen LogP contribution in [0.3, 0.4) is 0 Å². The van der Waals surface area contributed by atoms with E-state index in [9.17, 15) is 0 Å². The van der Waals surface area contributed by atoms with E-state index in [1.54, 1.807) is 6.21 Å². The maximum absolute atomic E-state index is 4.96. The van der Waals surface area contributed by atoms with Crippen LogP contribution in [-0.4, -0.2) is 26.8 Å². The van der Waals surface area contributed by atoms with Gasteiger partial charge in [0.1, 0.15) is 11.5 Å². The van der Waals surface area contributed by atoms with Crippen LogP contribution in [0.4, 0.5) is 0 Å². The predicted octanol–water partition coefficient (Wildman–Crippen LogP) is 2.24. The highest BCUT2D eigenvalue weighted by Gasteiger charge is 2.03. The molecule has 1 heterocycles. The van der Waals surface area contributed by atoms with Gasteiger partial charge in [0.25, 0.3) is 0 Å². The molecular weight excluding hydrogens is 240 g/mol. The fourth-order valence-corrected chi connectivity index (χ4v) is 1.41. The summed E-state index contributed by atoms with van der Waals surface area (Å²) in [4.78, 5) is 7.66. The van der Waals surface area contributed by atoms with Gasteiger partial charge in [0, 0.05) is 12.1 Å². The maximum Gasteiger partial charge on any atom is 0.153 e. The van der Waals surface area contributed by atoms with E-state index in [-0.39, 0.29) is 0 Å². The minimum absolute atomic E-state index is 0.651. The van der Waals surface area contributed by atoms with Crippen molar-refractivity contribution < 1.29 is 0 Å². The smallest absolute Gasteiger partial charge is 0.153 e. The molecule has 0 unspecified atom stereocenters. The Morgan fingerprint density at radius 2 is 2.44 bits per heavy atom. The Morgan fingerprint density at radius 3 is 3.06 bits per heavy atom. The Morgan fingerprint density at radius 1 is 1.69 bits per heavy atom. The summed E-state index contributed by atoms with van der Waals surface area (Å²) in [5.41, 5.74) is 4.65. The predicted molar refractivity (Wildman–Crippen MR) is 74.2 cm³/mol. The number of aryl methyl sites for hydroxylation is 2. The molecule has 6 heteroatoms. The highest BCUT2D eigenvalue weighted by Crippen LogP contribution is 2.04. The second kappa shape index (κ2) is 6.65. The molecule has 0 saturated carbocycles. The SMILES string of the molecule is CCCc1nc(/C=N\NC(=S)SC)c(C)[nH]1. The van der Waals surface area contributed by atoms with Gasteiger partial charge >= 0.3 is 0 Å². The third-order valence-electron chi connectivity index (χ3n) is 1.99. The number of H-pyrrole nitrogens is 1. The number of aromatic nitrogens is 2. The van der Waals surface area contributed by atoms with Crippen LogP contribution >= 0.6 is 24.0 Å². The van der Waals surface area contributed by atoms with Gasteiger partial charge in [0.05, 0.1) is 6.21 Å². The lowest BCUT2D eigenvalue weighted by atomic mass is 10.3. The van der Waals surface area contributed by atoms with Crippen molar-refractivity contribution in [3.05, 3.63) is 17.2 Å². The van der Waals surface area contributed by atoms with Gasteiger partial charge in [-0.15, -0.1) is 0 Å². The molecule has 88 valence electrons. The number of hydrazone groups is 1. The quantitative estimate of drug-likeness (QED) is 0.493. The van der Waals surface area contributed by atoms with Crippen LogP contribution in [0.25, 0.3) is 0 Å². The fourth-order valence-electron chi connectivity index (χ4n) is 1.21. The molecule has 0 atom stereocenters. The molecule has 0 aromatic carbocycles. The number of hydrogen-bond acceptors (Lipinski definition) is 4. The lowest BCUT2D eigenvalue weighted by molar-refractivity contribution is 0.853. The van der Waals surface area contributed by atoms with Crippen molar-refractivity contribution in [1.29, 1.82) is 0 Å². The zero-order chi connectivity index (χ0) is 12.0. The summed E-state index contributed by atoms with van der Waals surface area (Å²) < 4.78 is 0.651. The summed E-state index contributed by atoms with van der Waals surface area (Å²) in [6.45, 7) is 4.12. The first-order valence-electron chi connectivity index (χ1n) is 5.09. The number of thiocarbonyl (C=S) groups is 1. The van der Waals surface area contributed by atoms with Gasteiger partial charge in [-0.1, -0.05) is 30.9 Å². The monoisotopic (exact) mass is 256 g/mol. The minimum Gasteiger partial charge on any atom is -0.346 e. The van der Waals surface area contributed by atoms with E-state index >= 15 is 0 Å². The molecule has 0 bridgehead atoms. The minimum atomic E-state index is 0.651. The van der Waals surface area contributed by atoms with E-state index in [4.69, 9.17) is 12.2 Å². The van der Waals surface area contributed by atoms with Gasteiger partial charge in [-0.25, -0.2) is 4.98 Å². The van der Waals surface area contributed by atoms with Gasteiger partial charge in [-0.3, -0.25) is 5.43 Å². The molecule has 0 aliphatic carbocycles. The van der Waals surface area contributed by atoms with E-state index in [1.807, 2.05) is 13.2 Å². The Kier molecular flexibility index (Phi) is 5.48. The number of aromatic amines is 1. The summed E-state index contributed by atoms with van der Waals surface area (Å²) in [5.74, 6) is 1.01. The van der Waals surface area contributed by atoms with E-state index in [1.165, 1.54) is 11.8 Å². The Bertz CT molecular complexity index is 384. The van der Waals surface area contributed by atoms with Crippen LogP contribution in [0.1, 0.15) is 30.6 Å². The van der Waals surface area contributed by atoms with Crippen molar-refractivity contribution in [2.75, 3.05) is 6.26 Å². The molecule has 1 rings (SSSR count). The van der Waals surface area contributed by atoms with Crippen LogP contribution in [0.2, 0.25) is 0 Å². The first kappa shape index (κ1) is 13.2. The topological polar surface area (TPSA) is 53.1 Å². The third-order valence-corrected chi connectivity index (χ3v) is 3.04. The highest BCUT2D eigenvalue weighted by atomic mass is 32.2. The molecule has 0 radical (unpaired) electrons. The number of imidazole rings is 1. The molecule has 0 amide bonds. The summed E-state index contributed by atoms with van der Waals surface area (Å²) in [7, 11) is 0. The lowest BCUT2D eigenvalue weighted by Gasteiger charge is -1.95. The molecule has 0 saturated heterocycles. The van der Waals surface area contributed by atoms with Gasteiger partial charge in [-0.05, 0) is 19.6 Å². The molecule has 0 aliphatic heterocycles. The van der Waals surface area contributed by atoms with Gasteiger partial charge < -0.3 is 4.98 Å². The second-order valence-corrected chi connectivity index (χ2v) is 4.79. The molecular formula is C10H16N4S2. The first-order chi connectivity index (χ1) is 7.67. The summed E-state index contributed by atoms with van der Waals surface area (Å²) in [6.07, 6.45) is 5.64. The van der Waals surface area contributed by atoms with Crippen LogP contribution in [0.15, 0.2) is 5.10 Å². The normalized spacial score (nSPS) is 10.9. The number of rotatable bonds is 4. The summed E-state index contributed by atoms with van der Waals surface area (Å²) >= 11 is 6.42. The van der Waals surface area contributed by atoms with Crippen LogP contribution in [0, 0.1) is 6.92 Å². The Labute approximate surface area is 105 Å². The first-order valence-corrected chi connectivity index (χ1v) is 6.73. The van der Waals surface area contributed by atoms with Crippen molar-refractivity contribution in [2.45, 2.75) is 26.7 Å². The summed E-state index contributed by atoms with van der Waals surface area (Å²) in [5, 5.41) is 4.03. The fraction of sp³-hybridized carbons (Fsp3) is 0.500. The van der Waals surface area contributed by atoms with Crippen molar-refractivity contribution in [3.8, 4) is 0 Å². The van der Waals surface area contributed by atoms with Crippen molar-refractivity contribution in [1.82, 2.24) is 15.4 Å². The van der Waals surface area contributed by atoms with Gasteiger partial charge in [0.2, 0.25) is 0 Å². The average molecular weight is 256 g/mol. The largest absolute Gasteiger partial charge is 0.346 e. The van der Waals surface area contributed by atoms with E-state index in [2.05, 4.69) is 27.4 Å². The molecule has 1 aromatic heterocycles. The molecule has 0 aliphatic rings. The zero-order valence-corrected chi connectivity index (χ0v) is 11.3. The van der Waals surface area contributed by atoms with Crippen molar-refractivity contribution in [2.24, 2.45) is 5.10 Å². The Hall–Kier alpha value is -0.880. The number of nitrogens with one attached hydrogen (secondary N) is 2. The molecule has 4 nitrogen and oxygen atoms in total. The maximum atomic E-state index is 4.96. The zero-order valence-electron chi connectivity index (χ0n) is 9.70. The standard InChI is InChI=1S/C10H16N4S2/c1-4-5-9-12-7(2)8(13-9)6-11-14-10(15)16-3/h6H,4-5H2,1-3H3,(H,12,13)(H,14,15)/b11-6-. The number of nitrogens with zero attached hydrogens (tertiary/aromatic N) is 2. The molecule has 0 fully saturated rings. The molecule has 0 spiro atoms. The summed E-state index contributed by atoms with van der Waals surface area (Å²) in [6, 6.07) is 0. The Balaban J connectivity index is 2.62.